The maximum absolute atomic E-state index is 11.1. The quantitative estimate of drug-likeness (QED) is 0.650. The van der Waals surface area contributed by atoms with Gasteiger partial charge in [0, 0.05) is 17.2 Å². The highest BCUT2D eigenvalue weighted by molar-refractivity contribution is 9.11. The van der Waals surface area contributed by atoms with E-state index in [0.29, 0.717) is 12.4 Å². The van der Waals surface area contributed by atoms with Gasteiger partial charge >= 0.3 is 0 Å². The number of sulfonamides is 1. The summed E-state index contributed by atoms with van der Waals surface area (Å²) in [7, 11) is -3.22. The first-order valence-corrected chi connectivity index (χ1v) is 6.12. The average Bonchev–Trinajstić information content (AvgIpc) is 2.05. The molecule has 2 heterocycles. The number of halogens is 1. The molecule has 0 saturated heterocycles. The molecule has 0 aromatic carbocycles. The van der Waals surface area contributed by atoms with E-state index in [1.165, 1.54) is 0 Å². The van der Waals surface area contributed by atoms with Gasteiger partial charge in [-0.05, 0) is 28.1 Å². The van der Waals surface area contributed by atoms with Crippen LogP contribution < -0.4 is 0 Å². The summed E-state index contributed by atoms with van der Waals surface area (Å²) in [4.78, 5) is 1.81. The van der Waals surface area contributed by atoms with E-state index in [1.54, 1.807) is 12.2 Å². The average molecular weight is 263 g/mol. The highest BCUT2D eigenvalue weighted by Gasteiger charge is 2.22. The molecule has 4 nitrogen and oxygen atoms in total. The second kappa shape index (κ2) is 2.95. The molecule has 0 aromatic rings. The number of nitrogens with zero attached hydrogens (tertiary/aromatic N) is 2. The Kier molecular flexibility index (Phi) is 2.03. The maximum Gasteiger partial charge on any atom is 0.256 e. The van der Waals surface area contributed by atoms with Crippen molar-refractivity contribution in [1.82, 2.24) is 4.90 Å². The minimum Gasteiger partial charge on any atom is -0.330 e. The van der Waals surface area contributed by atoms with E-state index in [-0.39, 0.29) is 5.75 Å². The Bertz CT molecular complexity index is 422. The Hall–Kier alpha value is -0.620. The summed E-state index contributed by atoms with van der Waals surface area (Å²) in [6, 6.07) is 0. The number of hydrogen-bond donors (Lipinski definition) is 0. The van der Waals surface area contributed by atoms with Gasteiger partial charge in [-0.25, -0.2) is 8.42 Å². The molecule has 0 N–H and O–H groups in total. The normalized spacial score (nSPS) is 24.8. The topological polar surface area (TPSA) is 49.7 Å². The number of fused-ring (bicyclic) bond motifs is 1. The van der Waals surface area contributed by atoms with Crippen molar-refractivity contribution in [3.8, 4) is 0 Å². The SMILES string of the molecule is O=S1(=O)CCN2C=C(Br)C=CC2=N1. The van der Waals surface area contributed by atoms with E-state index < -0.39 is 10.0 Å². The summed E-state index contributed by atoms with van der Waals surface area (Å²) in [5.74, 6) is 0.579. The van der Waals surface area contributed by atoms with Crippen LogP contribution in [-0.4, -0.2) is 31.5 Å². The highest BCUT2D eigenvalue weighted by Crippen LogP contribution is 2.18. The fourth-order valence-electron chi connectivity index (χ4n) is 1.17. The standard InChI is InChI=1S/C7H7BrN2O2S/c8-6-1-2-7-9-13(11,12)4-3-10(7)5-6/h1-2,5H,3-4H2. The second-order valence-electron chi connectivity index (χ2n) is 2.78. The van der Waals surface area contributed by atoms with Crippen LogP contribution in [0.15, 0.2) is 27.2 Å². The molecule has 0 atom stereocenters. The van der Waals surface area contributed by atoms with Crippen LogP contribution in [0, 0.1) is 0 Å². The lowest BCUT2D eigenvalue weighted by atomic mass is 10.3. The van der Waals surface area contributed by atoms with Crippen LogP contribution >= 0.6 is 15.9 Å². The van der Waals surface area contributed by atoms with Crippen molar-refractivity contribution in [3.63, 3.8) is 0 Å². The number of allylic oxidation sites excluding steroid dienone is 2. The monoisotopic (exact) mass is 262 g/mol. The Labute approximate surface area is 84.8 Å². The maximum atomic E-state index is 11.1. The summed E-state index contributed by atoms with van der Waals surface area (Å²) < 4.78 is 26.8. The summed E-state index contributed by atoms with van der Waals surface area (Å²) in [6.45, 7) is 0.473. The zero-order valence-corrected chi connectivity index (χ0v) is 9.05. The van der Waals surface area contributed by atoms with Gasteiger partial charge in [0.05, 0.1) is 5.75 Å². The lowest BCUT2D eigenvalue weighted by molar-refractivity contribution is 0.548. The lowest BCUT2D eigenvalue weighted by Gasteiger charge is -2.25. The molecular weight excluding hydrogens is 256 g/mol. The Morgan fingerprint density at radius 3 is 3.00 bits per heavy atom. The van der Waals surface area contributed by atoms with Crippen molar-refractivity contribution in [2.24, 2.45) is 4.40 Å². The molecule has 0 aliphatic carbocycles. The molecule has 0 fully saturated rings. The zero-order chi connectivity index (χ0) is 9.47. The molecule has 2 aliphatic heterocycles. The summed E-state index contributed by atoms with van der Waals surface area (Å²) in [6.07, 6.45) is 5.28. The predicted molar refractivity (Wildman–Crippen MR) is 54.1 cm³/mol. The van der Waals surface area contributed by atoms with E-state index in [4.69, 9.17) is 0 Å². The van der Waals surface area contributed by atoms with Crippen molar-refractivity contribution < 1.29 is 8.42 Å². The van der Waals surface area contributed by atoms with Crippen LogP contribution in [0.4, 0.5) is 0 Å². The first kappa shape index (κ1) is 8.96. The molecule has 0 radical (unpaired) electrons. The largest absolute Gasteiger partial charge is 0.330 e. The van der Waals surface area contributed by atoms with Crippen molar-refractivity contribution in [2.75, 3.05) is 12.3 Å². The molecule has 6 heteroatoms. The molecule has 0 aromatic heterocycles. The molecule has 0 bridgehead atoms. The molecule has 2 rings (SSSR count). The van der Waals surface area contributed by atoms with Crippen LogP contribution in [0.1, 0.15) is 0 Å². The molecular formula is C7H7BrN2O2S. The van der Waals surface area contributed by atoms with Crippen molar-refractivity contribution >= 4 is 31.8 Å². The molecule has 0 saturated carbocycles. The third kappa shape index (κ3) is 1.83. The number of amidine groups is 1. The zero-order valence-electron chi connectivity index (χ0n) is 6.64. The van der Waals surface area contributed by atoms with Crippen LogP contribution in [-0.2, 0) is 10.0 Å². The van der Waals surface area contributed by atoms with E-state index >= 15 is 0 Å². The fourth-order valence-corrected chi connectivity index (χ4v) is 2.52. The van der Waals surface area contributed by atoms with Gasteiger partial charge in [-0.3, -0.25) is 0 Å². The van der Waals surface area contributed by atoms with Crippen LogP contribution in [0.25, 0.3) is 0 Å². The predicted octanol–water partition coefficient (Wildman–Crippen LogP) is 0.836. The number of hydrogen-bond acceptors (Lipinski definition) is 3. The van der Waals surface area contributed by atoms with Gasteiger partial charge in [0.2, 0.25) is 0 Å². The Morgan fingerprint density at radius 2 is 2.23 bits per heavy atom. The van der Waals surface area contributed by atoms with Crippen LogP contribution in [0.3, 0.4) is 0 Å². The molecule has 0 spiro atoms. The lowest BCUT2D eigenvalue weighted by Crippen LogP contribution is -2.36. The fraction of sp³-hybridized carbons (Fsp3) is 0.286. The molecule has 0 amide bonds. The van der Waals surface area contributed by atoms with Crippen molar-refractivity contribution in [3.05, 3.63) is 22.8 Å². The van der Waals surface area contributed by atoms with Gasteiger partial charge in [0.1, 0.15) is 5.84 Å². The molecule has 2 aliphatic rings. The van der Waals surface area contributed by atoms with Crippen molar-refractivity contribution in [1.29, 1.82) is 0 Å². The van der Waals surface area contributed by atoms with Crippen LogP contribution in [0.2, 0.25) is 0 Å². The smallest absolute Gasteiger partial charge is 0.256 e. The minimum atomic E-state index is -3.22. The van der Waals surface area contributed by atoms with E-state index in [1.807, 2.05) is 11.1 Å². The third-order valence-corrected chi connectivity index (χ3v) is 3.42. The molecule has 70 valence electrons. The van der Waals surface area contributed by atoms with E-state index in [0.717, 1.165) is 4.48 Å². The first-order chi connectivity index (χ1) is 6.07. The first-order valence-electron chi connectivity index (χ1n) is 3.71. The Morgan fingerprint density at radius 1 is 1.46 bits per heavy atom. The van der Waals surface area contributed by atoms with Crippen molar-refractivity contribution in [2.45, 2.75) is 0 Å². The molecule has 0 unspecified atom stereocenters. The number of rotatable bonds is 0. The highest BCUT2D eigenvalue weighted by atomic mass is 79.9. The van der Waals surface area contributed by atoms with E-state index in [9.17, 15) is 8.42 Å². The van der Waals surface area contributed by atoms with E-state index in [2.05, 4.69) is 20.3 Å². The van der Waals surface area contributed by atoms with Gasteiger partial charge in [-0.2, -0.15) is 0 Å². The van der Waals surface area contributed by atoms with Gasteiger partial charge in [0.25, 0.3) is 10.0 Å². The molecule has 13 heavy (non-hydrogen) atoms. The summed E-state index contributed by atoms with van der Waals surface area (Å²) in [5, 5.41) is 0. The summed E-state index contributed by atoms with van der Waals surface area (Å²) >= 11 is 3.31. The van der Waals surface area contributed by atoms with Gasteiger partial charge < -0.3 is 4.90 Å². The Balaban J connectivity index is 2.42. The second-order valence-corrected chi connectivity index (χ2v) is 5.45. The third-order valence-electron chi connectivity index (χ3n) is 1.79. The van der Waals surface area contributed by atoms with Gasteiger partial charge in [0.15, 0.2) is 0 Å². The van der Waals surface area contributed by atoms with Gasteiger partial charge in [-0.1, -0.05) is 0 Å². The van der Waals surface area contributed by atoms with Gasteiger partial charge in [-0.15, -0.1) is 4.40 Å². The minimum absolute atomic E-state index is 0.0844. The summed E-state index contributed by atoms with van der Waals surface area (Å²) in [5.41, 5.74) is 0. The van der Waals surface area contributed by atoms with Crippen LogP contribution in [0.5, 0.6) is 0 Å².